The van der Waals surface area contributed by atoms with Crippen molar-refractivity contribution in [3.05, 3.63) is 40.3 Å². The molecule has 0 aliphatic heterocycles. The Hall–Kier alpha value is -2.96. The van der Waals surface area contributed by atoms with Crippen LogP contribution in [0.25, 0.3) is 22.4 Å². The maximum absolute atomic E-state index is 14.8. The SMILES string of the molecule is CC(C)n1c(=O)c(-c2cc(F)c(NSCCC(F)(F)F)cc2F)nc2cnc(N)nc21. The lowest BCUT2D eigenvalue weighted by Gasteiger charge is -2.15. The number of rotatable bonds is 6. The average Bonchev–Trinajstić information content (AvgIpc) is 2.66. The molecule has 1 aromatic carbocycles. The Morgan fingerprint density at radius 1 is 1.19 bits per heavy atom. The summed E-state index contributed by atoms with van der Waals surface area (Å²) in [7, 11) is 0. The van der Waals surface area contributed by atoms with Crippen molar-refractivity contribution in [3.63, 3.8) is 0 Å². The summed E-state index contributed by atoms with van der Waals surface area (Å²) in [4.78, 5) is 24.9. The predicted molar refractivity (Wildman–Crippen MR) is 108 cm³/mol. The van der Waals surface area contributed by atoms with E-state index >= 15 is 0 Å². The van der Waals surface area contributed by atoms with Crippen LogP contribution in [0.2, 0.25) is 0 Å². The zero-order chi connectivity index (χ0) is 22.9. The number of fused-ring (bicyclic) bond motifs is 1. The minimum absolute atomic E-state index is 0.0773. The van der Waals surface area contributed by atoms with E-state index in [0.29, 0.717) is 11.9 Å². The number of halogens is 5. The molecule has 2 heterocycles. The molecule has 0 bridgehead atoms. The van der Waals surface area contributed by atoms with Gasteiger partial charge in [0.2, 0.25) is 5.95 Å². The lowest BCUT2D eigenvalue weighted by Crippen LogP contribution is -2.26. The second-order valence-corrected chi connectivity index (χ2v) is 7.70. The summed E-state index contributed by atoms with van der Waals surface area (Å²) >= 11 is 0.584. The number of alkyl halides is 3. The number of hydrogen-bond donors (Lipinski definition) is 2. The molecule has 13 heteroatoms. The Bertz CT molecular complexity index is 1180. The highest BCUT2D eigenvalue weighted by Gasteiger charge is 2.26. The van der Waals surface area contributed by atoms with Crippen LogP contribution in [0.15, 0.2) is 23.1 Å². The van der Waals surface area contributed by atoms with Gasteiger partial charge in [-0.25, -0.2) is 18.7 Å². The molecule has 0 amide bonds. The molecule has 0 aliphatic carbocycles. The topological polar surface area (TPSA) is 98.7 Å². The Labute approximate surface area is 177 Å². The van der Waals surface area contributed by atoms with Crippen LogP contribution in [0.5, 0.6) is 0 Å². The van der Waals surface area contributed by atoms with Crippen LogP contribution in [0, 0.1) is 11.6 Å². The quantitative estimate of drug-likeness (QED) is 0.321. The van der Waals surface area contributed by atoms with Gasteiger partial charge < -0.3 is 10.5 Å². The smallest absolute Gasteiger partial charge is 0.368 e. The van der Waals surface area contributed by atoms with E-state index in [0.717, 1.165) is 12.1 Å². The number of benzene rings is 1. The van der Waals surface area contributed by atoms with Crippen molar-refractivity contribution in [2.45, 2.75) is 32.5 Å². The van der Waals surface area contributed by atoms with Crippen molar-refractivity contribution in [2.75, 3.05) is 16.2 Å². The molecule has 0 radical (unpaired) electrons. The van der Waals surface area contributed by atoms with Crippen molar-refractivity contribution >= 4 is 34.7 Å². The number of anilines is 2. The summed E-state index contributed by atoms with van der Waals surface area (Å²) in [6.07, 6.45) is -4.18. The second kappa shape index (κ2) is 8.65. The molecule has 3 N–H and O–H groups in total. The highest BCUT2D eigenvalue weighted by Crippen LogP contribution is 2.29. The molecular formula is C18H17F5N6OS. The molecule has 2 aromatic heterocycles. The van der Waals surface area contributed by atoms with E-state index in [4.69, 9.17) is 5.73 Å². The van der Waals surface area contributed by atoms with Gasteiger partial charge in [0.05, 0.1) is 18.3 Å². The van der Waals surface area contributed by atoms with Crippen molar-refractivity contribution in [1.29, 1.82) is 0 Å². The van der Waals surface area contributed by atoms with Crippen LogP contribution in [0.1, 0.15) is 26.3 Å². The van der Waals surface area contributed by atoms with Gasteiger partial charge in [0.15, 0.2) is 5.65 Å². The van der Waals surface area contributed by atoms with Crippen molar-refractivity contribution < 1.29 is 22.0 Å². The third-order valence-corrected chi connectivity index (χ3v) is 4.92. The molecule has 3 rings (SSSR count). The first-order chi connectivity index (χ1) is 14.5. The van der Waals surface area contributed by atoms with E-state index in [2.05, 4.69) is 19.7 Å². The Balaban J connectivity index is 2.01. The van der Waals surface area contributed by atoms with Gasteiger partial charge in [0, 0.05) is 23.4 Å². The number of nitrogens with zero attached hydrogens (tertiary/aromatic N) is 4. The predicted octanol–water partition coefficient (Wildman–Crippen LogP) is 4.31. The van der Waals surface area contributed by atoms with Gasteiger partial charge in [-0.1, -0.05) is 11.9 Å². The number of nitrogens with two attached hydrogens (primary N) is 1. The summed E-state index contributed by atoms with van der Waals surface area (Å²) in [5.74, 6) is -2.40. The third-order valence-electron chi connectivity index (χ3n) is 4.15. The normalized spacial score (nSPS) is 12.0. The summed E-state index contributed by atoms with van der Waals surface area (Å²) < 4.78 is 69.4. The van der Waals surface area contributed by atoms with Gasteiger partial charge in [0.25, 0.3) is 5.56 Å². The molecule has 7 nitrogen and oxygen atoms in total. The standard InChI is InChI=1S/C18H17F5N6OS/c1-8(2)29-15-13(7-25-17(24)27-15)26-14(16(29)30)9-5-11(20)12(6-10(9)19)28-31-4-3-18(21,22)23/h5-8,28H,3-4H2,1-2H3,(H2,24,25,27). The van der Waals surface area contributed by atoms with Crippen LogP contribution in [-0.4, -0.2) is 31.4 Å². The molecule has 31 heavy (non-hydrogen) atoms. The molecular weight excluding hydrogens is 443 g/mol. The first kappa shape index (κ1) is 22.7. The molecule has 0 saturated carbocycles. The van der Waals surface area contributed by atoms with Crippen molar-refractivity contribution in [1.82, 2.24) is 19.5 Å². The monoisotopic (exact) mass is 460 g/mol. The fraction of sp³-hybridized carbons (Fsp3) is 0.333. The molecule has 0 spiro atoms. The van der Waals surface area contributed by atoms with Gasteiger partial charge in [0.1, 0.15) is 22.8 Å². The van der Waals surface area contributed by atoms with Crippen molar-refractivity contribution in [3.8, 4) is 11.3 Å². The summed E-state index contributed by atoms with van der Waals surface area (Å²) in [6.45, 7) is 3.40. The fourth-order valence-corrected chi connectivity index (χ4v) is 3.52. The highest BCUT2D eigenvalue weighted by atomic mass is 32.2. The average molecular weight is 460 g/mol. The number of nitrogens with one attached hydrogen (secondary N) is 1. The number of hydrogen-bond acceptors (Lipinski definition) is 7. The van der Waals surface area contributed by atoms with Gasteiger partial charge in [-0.3, -0.25) is 9.36 Å². The number of aromatic nitrogens is 4. The molecule has 0 unspecified atom stereocenters. The van der Waals surface area contributed by atoms with Gasteiger partial charge in [-0.15, -0.1) is 0 Å². The van der Waals surface area contributed by atoms with Crippen LogP contribution < -0.4 is 16.0 Å². The van der Waals surface area contributed by atoms with E-state index < -0.39 is 41.4 Å². The minimum Gasteiger partial charge on any atom is -0.368 e. The molecule has 3 aromatic rings. The molecule has 0 atom stereocenters. The van der Waals surface area contributed by atoms with Crippen LogP contribution in [-0.2, 0) is 0 Å². The first-order valence-corrected chi connectivity index (χ1v) is 9.95. The molecule has 0 saturated heterocycles. The van der Waals surface area contributed by atoms with Crippen LogP contribution >= 0.6 is 11.9 Å². The van der Waals surface area contributed by atoms with Crippen molar-refractivity contribution in [2.24, 2.45) is 0 Å². The summed E-state index contributed by atoms with van der Waals surface area (Å²) in [5, 5.41) is 0. The van der Waals surface area contributed by atoms with E-state index in [1.807, 2.05) is 0 Å². The van der Waals surface area contributed by atoms with E-state index in [1.165, 1.54) is 10.8 Å². The molecule has 166 valence electrons. The molecule has 0 fully saturated rings. The van der Waals surface area contributed by atoms with Gasteiger partial charge in [-0.2, -0.15) is 18.2 Å². The fourth-order valence-electron chi connectivity index (χ4n) is 2.77. The summed E-state index contributed by atoms with van der Waals surface area (Å²) in [6, 6.07) is 1.13. The van der Waals surface area contributed by atoms with E-state index in [1.54, 1.807) is 13.8 Å². The zero-order valence-corrected chi connectivity index (χ0v) is 17.1. The van der Waals surface area contributed by atoms with E-state index in [-0.39, 0.29) is 34.2 Å². The van der Waals surface area contributed by atoms with Gasteiger partial charge in [-0.05, 0) is 19.9 Å². The van der Waals surface area contributed by atoms with Crippen LogP contribution in [0.3, 0.4) is 0 Å². The zero-order valence-electron chi connectivity index (χ0n) is 16.3. The Morgan fingerprint density at radius 2 is 1.90 bits per heavy atom. The molecule has 0 aliphatic rings. The second-order valence-electron chi connectivity index (χ2n) is 6.79. The summed E-state index contributed by atoms with van der Waals surface area (Å²) in [5.41, 5.74) is 4.06. The minimum atomic E-state index is -4.35. The largest absolute Gasteiger partial charge is 0.389 e. The first-order valence-electron chi connectivity index (χ1n) is 8.96. The number of nitrogen functional groups attached to an aromatic ring is 1. The van der Waals surface area contributed by atoms with Crippen LogP contribution in [0.4, 0.5) is 33.6 Å². The third kappa shape index (κ3) is 5.03. The Morgan fingerprint density at radius 3 is 2.55 bits per heavy atom. The maximum Gasteiger partial charge on any atom is 0.389 e. The van der Waals surface area contributed by atoms with E-state index in [9.17, 15) is 26.7 Å². The maximum atomic E-state index is 14.8. The van der Waals surface area contributed by atoms with Gasteiger partial charge >= 0.3 is 6.18 Å². The Kier molecular flexibility index (Phi) is 6.34. The lowest BCUT2D eigenvalue weighted by molar-refractivity contribution is -0.129. The lowest BCUT2D eigenvalue weighted by atomic mass is 10.1. The highest BCUT2D eigenvalue weighted by molar-refractivity contribution is 8.00.